The molecule has 1 aromatic rings. The molecule has 0 aromatic heterocycles. The lowest BCUT2D eigenvalue weighted by Crippen LogP contribution is -2.10. The van der Waals surface area contributed by atoms with Crippen LogP contribution in [-0.2, 0) is 11.2 Å². The van der Waals surface area contributed by atoms with E-state index in [1.165, 1.54) is 3.57 Å². The number of carbonyl (C=O) groups excluding carboxylic acids is 1. The smallest absolute Gasteiger partial charge is 0.141 e. The standard InChI is InChI=1S/C15H19IO/c1-14(2)13(15(14,3)4)12(17)9-10-5-7-11(16)8-6-10/h5-8,13H,9H2,1-4H3. The fraction of sp³-hybridized carbons (Fsp3) is 0.533. The van der Waals surface area contributed by atoms with Gasteiger partial charge in [-0.2, -0.15) is 0 Å². The zero-order valence-electron chi connectivity index (χ0n) is 10.9. The van der Waals surface area contributed by atoms with Crippen molar-refractivity contribution in [2.24, 2.45) is 16.7 Å². The Morgan fingerprint density at radius 3 is 2.00 bits per heavy atom. The number of hydrogen-bond donors (Lipinski definition) is 0. The lowest BCUT2D eigenvalue weighted by Gasteiger charge is -2.03. The Labute approximate surface area is 117 Å². The first-order valence-electron chi connectivity index (χ1n) is 6.04. The van der Waals surface area contributed by atoms with E-state index in [0.717, 1.165) is 5.56 Å². The molecule has 0 radical (unpaired) electrons. The maximum Gasteiger partial charge on any atom is 0.141 e. The van der Waals surface area contributed by atoms with Crippen LogP contribution >= 0.6 is 22.6 Å². The summed E-state index contributed by atoms with van der Waals surface area (Å²) >= 11 is 2.28. The summed E-state index contributed by atoms with van der Waals surface area (Å²) < 4.78 is 1.21. The van der Waals surface area contributed by atoms with E-state index in [4.69, 9.17) is 0 Å². The van der Waals surface area contributed by atoms with Gasteiger partial charge in [-0.3, -0.25) is 4.79 Å². The highest BCUT2D eigenvalue weighted by Gasteiger charge is 2.67. The molecule has 0 N–H and O–H groups in total. The molecule has 0 saturated heterocycles. The Balaban J connectivity index is 2.07. The van der Waals surface area contributed by atoms with Gasteiger partial charge in [-0.25, -0.2) is 0 Å². The number of halogens is 1. The summed E-state index contributed by atoms with van der Waals surface area (Å²) in [6, 6.07) is 8.24. The number of carbonyl (C=O) groups is 1. The van der Waals surface area contributed by atoms with Crippen LogP contribution < -0.4 is 0 Å². The molecule has 1 fully saturated rings. The zero-order chi connectivity index (χ0) is 12.8. The second kappa shape index (κ2) is 4.08. The van der Waals surface area contributed by atoms with Crippen LogP contribution in [0, 0.1) is 20.3 Å². The van der Waals surface area contributed by atoms with Crippen molar-refractivity contribution in [3.8, 4) is 0 Å². The summed E-state index contributed by atoms with van der Waals surface area (Å²) in [5.74, 6) is 0.607. The van der Waals surface area contributed by atoms with E-state index < -0.39 is 0 Å². The molecular formula is C15H19IO. The fourth-order valence-corrected chi connectivity index (χ4v) is 3.27. The number of rotatable bonds is 3. The molecule has 1 saturated carbocycles. The first-order chi connectivity index (χ1) is 7.76. The minimum Gasteiger partial charge on any atom is -0.299 e. The predicted octanol–water partition coefficient (Wildman–Crippen LogP) is 4.09. The Morgan fingerprint density at radius 1 is 1.12 bits per heavy atom. The highest BCUT2D eigenvalue weighted by atomic mass is 127. The average Bonchev–Trinajstić information content (AvgIpc) is 2.61. The van der Waals surface area contributed by atoms with Gasteiger partial charge in [0.2, 0.25) is 0 Å². The summed E-state index contributed by atoms with van der Waals surface area (Å²) in [5.41, 5.74) is 1.45. The Morgan fingerprint density at radius 2 is 1.59 bits per heavy atom. The van der Waals surface area contributed by atoms with Crippen molar-refractivity contribution in [3.63, 3.8) is 0 Å². The molecule has 1 nitrogen and oxygen atoms in total. The van der Waals surface area contributed by atoms with Crippen LogP contribution in [0.3, 0.4) is 0 Å². The van der Waals surface area contributed by atoms with E-state index in [0.29, 0.717) is 12.2 Å². The highest BCUT2D eigenvalue weighted by molar-refractivity contribution is 14.1. The van der Waals surface area contributed by atoms with E-state index in [9.17, 15) is 4.79 Å². The summed E-state index contributed by atoms with van der Waals surface area (Å²) in [6.45, 7) is 8.79. The molecule has 2 heteroatoms. The highest BCUT2D eigenvalue weighted by Crippen LogP contribution is 2.68. The largest absolute Gasteiger partial charge is 0.299 e. The van der Waals surface area contributed by atoms with E-state index in [1.54, 1.807) is 0 Å². The van der Waals surface area contributed by atoms with Crippen LogP contribution in [-0.4, -0.2) is 5.78 Å². The van der Waals surface area contributed by atoms with E-state index >= 15 is 0 Å². The molecule has 1 aromatic carbocycles. The van der Waals surface area contributed by atoms with Crippen LogP contribution in [0.4, 0.5) is 0 Å². The monoisotopic (exact) mass is 342 g/mol. The quantitative estimate of drug-likeness (QED) is 0.757. The van der Waals surface area contributed by atoms with Gasteiger partial charge in [-0.05, 0) is 51.1 Å². The maximum atomic E-state index is 12.3. The van der Waals surface area contributed by atoms with Crippen LogP contribution in [0.5, 0.6) is 0 Å². The number of hydrogen-bond acceptors (Lipinski definition) is 1. The van der Waals surface area contributed by atoms with Crippen molar-refractivity contribution in [1.29, 1.82) is 0 Å². The minimum absolute atomic E-state index is 0.160. The molecule has 0 atom stereocenters. The lowest BCUT2D eigenvalue weighted by atomic mass is 10.0. The molecule has 0 aliphatic heterocycles. The van der Waals surface area contributed by atoms with Crippen molar-refractivity contribution in [2.75, 3.05) is 0 Å². The van der Waals surface area contributed by atoms with Crippen molar-refractivity contribution in [2.45, 2.75) is 34.1 Å². The van der Waals surface area contributed by atoms with Crippen molar-refractivity contribution in [3.05, 3.63) is 33.4 Å². The first-order valence-corrected chi connectivity index (χ1v) is 7.12. The molecule has 1 aliphatic rings. The topological polar surface area (TPSA) is 17.1 Å². The molecule has 0 bridgehead atoms. The maximum absolute atomic E-state index is 12.3. The van der Waals surface area contributed by atoms with Crippen molar-refractivity contribution >= 4 is 28.4 Å². The van der Waals surface area contributed by atoms with Gasteiger partial charge in [-0.15, -0.1) is 0 Å². The van der Waals surface area contributed by atoms with Crippen LogP contribution in [0.15, 0.2) is 24.3 Å². The molecule has 17 heavy (non-hydrogen) atoms. The van der Waals surface area contributed by atoms with Gasteiger partial charge in [0, 0.05) is 15.9 Å². The molecule has 0 amide bonds. The van der Waals surface area contributed by atoms with Gasteiger partial charge >= 0.3 is 0 Å². The SMILES string of the molecule is CC1(C)C(C(=O)Cc2ccc(I)cc2)C1(C)C. The summed E-state index contributed by atoms with van der Waals surface area (Å²) in [7, 11) is 0. The Kier molecular flexibility index (Phi) is 3.13. The second-order valence-electron chi connectivity index (χ2n) is 6.15. The third-order valence-electron chi connectivity index (χ3n) is 4.63. The van der Waals surface area contributed by atoms with Crippen molar-refractivity contribution in [1.82, 2.24) is 0 Å². The van der Waals surface area contributed by atoms with Gasteiger partial charge in [0.05, 0.1) is 0 Å². The number of benzene rings is 1. The molecule has 2 rings (SSSR count). The van der Waals surface area contributed by atoms with Gasteiger partial charge in [0.25, 0.3) is 0 Å². The Bertz CT molecular complexity index is 428. The summed E-state index contributed by atoms with van der Waals surface area (Å²) in [5, 5.41) is 0. The van der Waals surface area contributed by atoms with Crippen LogP contribution in [0.1, 0.15) is 33.3 Å². The number of ketones is 1. The van der Waals surface area contributed by atoms with Gasteiger partial charge in [-0.1, -0.05) is 39.8 Å². The Hall–Kier alpha value is -0.380. The second-order valence-corrected chi connectivity index (χ2v) is 7.39. The first kappa shape index (κ1) is 13.1. The average molecular weight is 342 g/mol. The normalized spacial score (nSPS) is 21.2. The molecule has 0 spiro atoms. The third kappa shape index (κ3) is 2.16. The van der Waals surface area contributed by atoms with Crippen molar-refractivity contribution < 1.29 is 4.79 Å². The fourth-order valence-electron chi connectivity index (χ4n) is 2.91. The minimum atomic E-state index is 0.160. The zero-order valence-corrected chi connectivity index (χ0v) is 13.0. The predicted molar refractivity (Wildman–Crippen MR) is 78.9 cm³/mol. The van der Waals surface area contributed by atoms with Gasteiger partial charge in [0.1, 0.15) is 5.78 Å². The molecular weight excluding hydrogens is 323 g/mol. The molecule has 92 valence electrons. The molecule has 1 aliphatic carbocycles. The summed E-state index contributed by atoms with van der Waals surface area (Å²) in [4.78, 5) is 12.3. The van der Waals surface area contributed by atoms with E-state index in [1.807, 2.05) is 0 Å². The third-order valence-corrected chi connectivity index (χ3v) is 5.35. The van der Waals surface area contributed by atoms with Crippen LogP contribution in [0.25, 0.3) is 0 Å². The van der Waals surface area contributed by atoms with Gasteiger partial charge < -0.3 is 0 Å². The summed E-state index contributed by atoms with van der Waals surface area (Å²) in [6.07, 6.45) is 0.578. The van der Waals surface area contributed by atoms with Crippen LogP contribution in [0.2, 0.25) is 0 Å². The molecule has 0 unspecified atom stereocenters. The number of Topliss-reactive ketones (excluding diaryl/α,β-unsaturated/α-hetero) is 1. The van der Waals surface area contributed by atoms with E-state index in [2.05, 4.69) is 74.6 Å². The van der Waals surface area contributed by atoms with Gasteiger partial charge in [0.15, 0.2) is 0 Å². The van der Waals surface area contributed by atoms with E-state index in [-0.39, 0.29) is 16.7 Å². The lowest BCUT2D eigenvalue weighted by molar-refractivity contribution is -0.120. The molecule has 0 heterocycles.